The van der Waals surface area contributed by atoms with Crippen LogP contribution in [0.4, 0.5) is 0 Å². The number of nitrogens with zero attached hydrogens (tertiary/aromatic N) is 1. The number of hydrogen-bond donors (Lipinski definition) is 1. The van der Waals surface area contributed by atoms with Gasteiger partial charge in [0, 0.05) is 32.3 Å². The third kappa shape index (κ3) is 6.60. The lowest BCUT2D eigenvalue weighted by atomic mass is 10.2. The lowest BCUT2D eigenvalue weighted by Gasteiger charge is -2.26. The van der Waals surface area contributed by atoms with Gasteiger partial charge in [-0.3, -0.25) is 9.69 Å². The molecule has 0 radical (unpaired) electrons. The van der Waals surface area contributed by atoms with Gasteiger partial charge in [0.15, 0.2) is 11.5 Å². The molecule has 1 aliphatic heterocycles. The highest BCUT2D eigenvalue weighted by molar-refractivity contribution is 5.91. The Kier molecular flexibility index (Phi) is 8.01. The molecule has 1 fully saturated rings. The average molecular weight is 346 g/mol. The molecule has 136 valence electrons. The quantitative estimate of drug-likeness (QED) is 0.545. The number of nitrogens with one attached hydrogen (secondary N) is 1. The normalized spacial score (nSPS) is 15.1. The Morgan fingerprint density at radius 2 is 2.16 bits per heavy atom. The SMILES string of the molecule is C=CCOc1ccc(C=CC(=O)NCCN2CCOCC2)cc1OC. The topological polar surface area (TPSA) is 60.0 Å². The van der Waals surface area contributed by atoms with E-state index < -0.39 is 0 Å². The van der Waals surface area contributed by atoms with Crippen LogP contribution in [0.3, 0.4) is 0 Å². The van der Waals surface area contributed by atoms with Gasteiger partial charge in [-0.15, -0.1) is 0 Å². The molecule has 2 rings (SSSR count). The van der Waals surface area contributed by atoms with E-state index in [0.29, 0.717) is 24.7 Å². The number of hydrogen-bond acceptors (Lipinski definition) is 5. The van der Waals surface area contributed by atoms with Gasteiger partial charge < -0.3 is 19.5 Å². The molecule has 1 saturated heterocycles. The molecule has 1 amide bonds. The molecular formula is C19H26N2O4. The van der Waals surface area contributed by atoms with Crippen molar-refractivity contribution in [3.05, 3.63) is 42.5 Å². The number of carbonyl (C=O) groups excluding carboxylic acids is 1. The highest BCUT2D eigenvalue weighted by Gasteiger charge is 2.09. The molecule has 6 heteroatoms. The smallest absolute Gasteiger partial charge is 0.244 e. The van der Waals surface area contributed by atoms with E-state index >= 15 is 0 Å². The molecule has 1 aliphatic rings. The van der Waals surface area contributed by atoms with Crippen LogP contribution >= 0.6 is 0 Å². The Hall–Kier alpha value is -2.31. The number of rotatable bonds is 9. The van der Waals surface area contributed by atoms with Crippen molar-refractivity contribution >= 4 is 12.0 Å². The van der Waals surface area contributed by atoms with E-state index in [-0.39, 0.29) is 5.91 Å². The molecule has 1 aromatic carbocycles. The molecule has 0 saturated carbocycles. The number of benzene rings is 1. The summed E-state index contributed by atoms with van der Waals surface area (Å²) in [7, 11) is 1.59. The Morgan fingerprint density at radius 3 is 2.88 bits per heavy atom. The van der Waals surface area contributed by atoms with Crippen LogP contribution in [0.15, 0.2) is 36.9 Å². The minimum atomic E-state index is -0.112. The first-order valence-corrected chi connectivity index (χ1v) is 8.40. The summed E-state index contributed by atoms with van der Waals surface area (Å²) >= 11 is 0. The maximum Gasteiger partial charge on any atom is 0.244 e. The summed E-state index contributed by atoms with van der Waals surface area (Å²) in [6.45, 7) is 8.88. The minimum Gasteiger partial charge on any atom is -0.493 e. The fourth-order valence-electron chi connectivity index (χ4n) is 2.45. The lowest BCUT2D eigenvalue weighted by Crippen LogP contribution is -2.41. The number of ether oxygens (including phenoxy) is 3. The van der Waals surface area contributed by atoms with Gasteiger partial charge in [-0.2, -0.15) is 0 Å². The Bertz CT molecular complexity index is 595. The number of morpholine rings is 1. The van der Waals surface area contributed by atoms with E-state index in [4.69, 9.17) is 14.2 Å². The predicted octanol–water partition coefficient (Wildman–Crippen LogP) is 1.72. The summed E-state index contributed by atoms with van der Waals surface area (Å²) in [5.74, 6) is 1.16. The highest BCUT2D eigenvalue weighted by atomic mass is 16.5. The van der Waals surface area contributed by atoms with Crippen LogP contribution in [0.1, 0.15) is 5.56 Å². The second-order valence-electron chi connectivity index (χ2n) is 5.59. The molecule has 0 aliphatic carbocycles. The summed E-state index contributed by atoms with van der Waals surface area (Å²) in [4.78, 5) is 14.2. The lowest BCUT2D eigenvalue weighted by molar-refractivity contribution is -0.116. The second kappa shape index (κ2) is 10.5. The van der Waals surface area contributed by atoms with Crippen LogP contribution in [0, 0.1) is 0 Å². The first-order chi connectivity index (χ1) is 12.2. The average Bonchev–Trinajstić information content (AvgIpc) is 2.65. The largest absolute Gasteiger partial charge is 0.493 e. The summed E-state index contributed by atoms with van der Waals surface area (Å²) in [6, 6.07) is 5.52. The summed E-state index contributed by atoms with van der Waals surface area (Å²) in [5.41, 5.74) is 0.867. The minimum absolute atomic E-state index is 0.112. The van der Waals surface area contributed by atoms with Gasteiger partial charge in [-0.05, 0) is 23.8 Å². The van der Waals surface area contributed by atoms with Crippen molar-refractivity contribution in [2.75, 3.05) is 53.1 Å². The van der Waals surface area contributed by atoms with Gasteiger partial charge in [-0.1, -0.05) is 18.7 Å². The molecular weight excluding hydrogens is 320 g/mol. The van der Waals surface area contributed by atoms with Crippen molar-refractivity contribution < 1.29 is 19.0 Å². The predicted molar refractivity (Wildman–Crippen MR) is 98.0 cm³/mol. The van der Waals surface area contributed by atoms with Gasteiger partial charge in [0.2, 0.25) is 5.91 Å². The Balaban J connectivity index is 1.81. The van der Waals surface area contributed by atoms with Gasteiger partial charge in [0.1, 0.15) is 6.61 Å². The van der Waals surface area contributed by atoms with E-state index in [0.717, 1.165) is 38.4 Å². The van der Waals surface area contributed by atoms with Crippen LogP contribution in [-0.4, -0.2) is 63.9 Å². The monoisotopic (exact) mass is 346 g/mol. The van der Waals surface area contributed by atoms with E-state index in [1.807, 2.05) is 18.2 Å². The van der Waals surface area contributed by atoms with Crippen molar-refractivity contribution in [2.24, 2.45) is 0 Å². The van der Waals surface area contributed by atoms with E-state index in [1.165, 1.54) is 6.08 Å². The molecule has 1 heterocycles. The molecule has 0 atom stereocenters. The van der Waals surface area contributed by atoms with Crippen LogP contribution in [-0.2, 0) is 9.53 Å². The Morgan fingerprint density at radius 1 is 1.36 bits per heavy atom. The first-order valence-electron chi connectivity index (χ1n) is 8.40. The molecule has 1 aromatic rings. The second-order valence-corrected chi connectivity index (χ2v) is 5.59. The van der Waals surface area contributed by atoms with Crippen molar-refractivity contribution in [3.63, 3.8) is 0 Å². The van der Waals surface area contributed by atoms with Crippen molar-refractivity contribution in [2.45, 2.75) is 0 Å². The zero-order chi connectivity index (χ0) is 17.9. The van der Waals surface area contributed by atoms with Crippen LogP contribution in [0.5, 0.6) is 11.5 Å². The molecule has 0 bridgehead atoms. The van der Waals surface area contributed by atoms with Gasteiger partial charge in [0.05, 0.1) is 20.3 Å². The third-order valence-corrected chi connectivity index (χ3v) is 3.80. The third-order valence-electron chi connectivity index (χ3n) is 3.80. The molecule has 0 aromatic heterocycles. The highest BCUT2D eigenvalue weighted by Crippen LogP contribution is 2.28. The maximum atomic E-state index is 11.9. The van der Waals surface area contributed by atoms with E-state index in [9.17, 15) is 4.79 Å². The molecule has 25 heavy (non-hydrogen) atoms. The van der Waals surface area contributed by atoms with E-state index in [2.05, 4.69) is 16.8 Å². The van der Waals surface area contributed by atoms with E-state index in [1.54, 1.807) is 19.3 Å². The summed E-state index contributed by atoms with van der Waals surface area (Å²) in [6.07, 6.45) is 4.96. The number of carbonyl (C=O) groups is 1. The van der Waals surface area contributed by atoms with Gasteiger partial charge in [0.25, 0.3) is 0 Å². The zero-order valence-electron chi connectivity index (χ0n) is 14.7. The van der Waals surface area contributed by atoms with Crippen molar-refractivity contribution in [3.8, 4) is 11.5 Å². The van der Waals surface area contributed by atoms with Crippen molar-refractivity contribution in [1.29, 1.82) is 0 Å². The number of methoxy groups -OCH3 is 1. The standard InChI is InChI=1S/C19H26N2O4/c1-3-12-25-17-6-4-16(15-18(17)23-2)5-7-19(22)20-8-9-21-10-13-24-14-11-21/h3-7,15H,1,8-14H2,2H3,(H,20,22). The van der Waals surface area contributed by atoms with Crippen LogP contribution in [0.2, 0.25) is 0 Å². The zero-order valence-corrected chi connectivity index (χ0v) is 14.7. The summed E-state index contributed by atoms with van der Waals surface area (Å²) in [5, 5.41) is 2.89. The van der Waals surface area contributed by atoms with Gasteiger partial charge >= 0.3 is 0 Å². The maximum absolute atomic E-state index is 11.9. The fraction of sp³-hybridized carbons (Fsp3) is 0.421. The molecule has 0 unspecified atom stereocenters. The van der Waals surface area contributed by atoms with Gasteiger partial charge in [-0.25, -0.2) is 0 Å². The first kappa shape index (κ1) is 19.0. The molecule has 1 N–H and O–H groups in total. The summed E-state index contributed by atoms with van der Waals surface area (Å²) < 4.78 is 16.1. The Labute approximate surface area is 149 Å². The van der Waals surface area contributed by atoms with Crippen molar-refractivity contribution in [1.82, 2.24) is 10.2 Å². The molecule has 6 nitrogen and oxygen atoms in total. The van der Waals surface area contributed by atoms with Crippen LogP contribution in [0.25, 0.3) is 6.08 Å². The fourth-order valence-corrected chi connectivity index (χ4v) is 2.45. The number of amides is 1. The molecule has 0 spiro atoms. The van der Waals surface area contributed by atoms with Crippen LogP contribution < -0.4 is 14.8 Å².